The molecule has 0 radical (unpaired) electrons. The van der Waals surface area contributed by atoms with Gasteiger partial charge in [-0.1, -0.05) is 0 Å². The van der Waals surface area contributed by atoms with Crippen molar-refractivity contribution in [1.29, 1.82) is 0 Å². The second-order valence-electron chi connectivity index (χ2n) is 0.913. The lowest BCUT2D eigenvalue weighted by Crippen LogP contribution is -1.72. The van der Waals surface area contributed by atoms with Crippen molar-refractivity contribution in [2.75, 3.05) is 12.5 Å². The first-order valence-electron chi connectivity index (χ1n) is 1.87. The van der Waals surface area contributed by atoms with E-state index in [4.69, 9.17) is 11.2 Å². The Labute approximate surface area is 67.6 Å². The summed E-state index contributed by atoms with van der Waals surface area (Å²) in [7, 11) is 0. The van der Waals surface area contributed by atoms with E-state index in [1.54, 1.807) is 12.5 Å². The zero-order valence-electron chi connectivity index (χ0n) is 4.87. The highest BCUT2D eigenvalue weighted by Crippen LogP contribution is 2.58. The number of hydrogen-bond donors (Lipinski definition) is 0. The lowest BCUT2D eigenvalue weighted by Gasteiger charge is -2.04. The van der Waals surface area contributed by atoms with Gasteiger partial charge in [0.15, 0.2) is 0 Å². The highest BCUT2D eigenvalue weighted by molar-refractivity contribution is 8.06. The summed E-state index contributed by atoms with van der Waals surface area (Å²) in [6, 6.07) is 0. The first kappa shape index (κ1) is 10.1. The second kappa shape index (κ2) is 4.88. The number of hydrogen-bond acceptors (Lipinski definition) is 5. The molecule has 0 aliphatic heterocycles. The van der Waals surface area contributed by atoms with Gasteiger partial charge in [0, 0.05) is 23.8 Å². The first-order valence-corrected chi connectivity index (χ1v) is 6.61. The molecule has 0 fully saturated rings. The van der Waals surface area contributed by atoms with E-state index in [9.17, 15) is 4.57 Å². The molecular weight excluding hydrogens is 203 g/mol. The van der Waals surface area contributed by atoms with Gasteiger partial charge in [-0.25, -0.2) is 12.5 Å². The summed E-state index contributed by atoms with van der Waals surface area (Å²) in [4.78, 5) is 0. The Kier molecular flexibility index (Phi) is 5.50. The van der Waals surface area contributed by atoms with Crippen LogP contribution in [0.4, 0.5) is 0 Å². The van der Waals surface area contributed by atoms with Gasteiger partial charge in [-0.05, 0) is 24.1 Å². The van der Waals surface area contributed by atoms with Crippen molar-refractivity contribution < 1.29 is 12.5 Å². The maximum absolute atomic E-state index is 10.7. The van der Waals surface area contributed by atoms with Crippen molar-refractivity contribution in [2.45, 2.75) is 0 Å². The van der Waals surface area contributed by atoms with Gasteiger partial charge >= 0.3 is 6.95 Å². The molecule has 0 aromatic carbocycles. The minimum atomic E-state index is -3.29. The van der Waals surface area contributed by atoms with Gasteiger partial charge in [0.1, 0.15) is 0 Å². The SMILES string of the molecule is CSOP(=O)(Cl)OSC. The predicted octanol–water partition coefficient (Wildman–Crippen LogP) is 2.92. The standard InChI is InChI=1S/C2H6ClO3PS2/c1-8-5-7(3,4)6-9-2/h1-2H3. The van der Waals surface area contributed by atoms with Crippen LogP contribution in [0.3, 0.4) is 0 Å². The van der Waals surface area contributed by atoms with Gasteiger partial charge in [0.25, 0.3) is 0 Å². The smallest absolute Gasteiger partial charge is 0.239 e. The molecule has 7 heteroatoms. The van der Waals surface area contributed by atoms with Gasteiger partial charge < -0.3 is 0 Å². The van der Waals surface area contributed by atoms with Crippen LogP contribution in [0.5, 0.6) is 0 Å². The van der Waals surface area contributed by atoms with Crippen LogP contribution >= 0.6 is 42.3 Å². The third kappa shape index (κ3) is 5.58. The molecule has 0 heterocycles. The summed E-state index contributed by atoms with van der Waals surface area (Å²) >= 11 is 7.04. The molecule has 3 nitrogen and oxygen atoms in total. The van der Waals surface area contributed by atoms with Gasteiger partial charge in [-0.3, -0.25) is 0 Å². The Bertz CT molecular complexity index is 110. The lowest BCUT2D eigenvalue weighted by atomic mass is 12.0. The van der Waals surface area contributed by atoms with Crippen LogP contribution in [-0.4, -0.2) is 12.5 Å². The van der Waals surface area contributed by atoms with Crippen LogP contribution in [-0.2, 0) is 12.5 Å². The van der Waals surface area contributed by atoms with Gasteiger partial charge in [0.05, 0.1) is 0 Å². The molecule has 0 amide bonds. The summed E-state index contributed by atoms with van der Waals surface area (Å²) in [6.45, 7) is -3.29. The van der Waals surface area contributed by atoms with Crippen molar-refractivity contribution in [3.63, 3.8) is 0 Å². The Morgan fingerprint density at radius 1 is 1.33 bits per heavy atom. The van der Waals surface area contributed by atoms with Gasteiger partial charge in [-0.2, -0.15) is 0 Å². The normalized spacial score (nSPS) is 11.9. The molecule has 0 bridgehead atoms. The van der Waals surface area contributed by atoms with Gasteiger partial charge in [0.2, 0.25) is 0 Å². The van der Waals surface area contributed by atoms with E-state index in [-0.39, 0.29) is 0 Å². The molecule has 0 aliphatic rings. The minimum absolute atomic E-state index is 0.915. The van der Waals surface area contributed by atoms with E-state index in [0.29, 0.717) is 0 Å². The van der Waals surface area contributed by atoms with E-state index in [1.807, 2.05) is 0 Å². The summed E-state index contributed by atoms with van der Waals surface area (Å²) in [6.07, 6.45) is 3.22. The quantitative estimate of drug-likeness (QED) is 0.524. The second-order valence-corrected chi connectivity index (χ2v) is 4.88. The van der Waals surface area contributed by atoms with Crippen molar-refractivity contribution >= 4 is 42.3 Å². The monoisotopic (exact) mass is 208 g/mol. The van der Waals surface area contributed by atoms with Crippen LogP contribution in [0.2, 0.25) is 0 Å². The van der Waals surface area contributed by atoms with Crippen molar-refractivity contribution in [3.8, 4) is 0 Å². The van der Waals surface area contributed by atoms with E-state index in [0.717, 1.165) is 24.1 Å². The Hall–Kier alpha value is 1.14. The van der Waals surface area contributed by atoms with Gasteiger partial charge in [-0.15, -0.1) is 0 Å². The van der Waals surface area contributed by atoms with E-state index < -0.39 is 6.95 Å². The highest BCUT2D eigenvalue weighted by Gasteiger charge is 2.20. The Morgan fingerprint density at radius 2 is 1.67 bits per heavy atom. The zero-order chi connectivity index (χ0) is 7.33. The van der Waals surface area contributed by atoms with Crippen LogP contribution in [0.1, 0.15) is 0 Å². The molecule has 0 atom stereocenters. The molecule has 0 saturated heterocycles. The van der Waals surface area contributed by atoms with Crippen LogP contribution in [0.25, 0.3) is 0 Å². The molecule has 9 heavy (non-hydrogen) atoms. The summed E-state index contributed by atoms with van der Waals surface area (Å²) < 4.78 is 19.6. The van der Waals surface area contributed by atoms with Crippen molar-refractivity contribution in [1.82, 2.24) is 0 Å². The number of halogens is 1. The molecule has 0 unspecified atom stereocenters. The van der Waals surface area contributed by atoms with Crippen LogP contribution < -0.4 is 0 Å². The first-order chi connectivity index (χ1) is 4.12. The fourth-order valence-electron chi connectivity index (χ4n) is 0.190. The largest absolute Gasteiger partial charge is 0.446 e. The summed E-state index contributed by atoms with van der Waals surface area (Å²) in [5.74, 6) is 0. The topological polar surface area (TPSA) is 35.5 Å². The minimum Gasteiger partial charge on any atom is -0.239 e. The van der Waals surface area contributed by atoms with E-state index >= 15 is 0 Å². The van der Waals surface area contributed by atoms with Crippen LogP contribution in [0, 0.1) is 0 Å². The molecular formula is C2H6ClO3PS2. The maximum atomic E-state index is 10.7. The van der Waals surface area contributed by atoms with Crippen LogP contribution in [0.15, 0.2) is 0 Å². The summed E-state index contributed by atoms with van der Waals surface area (Å²) in [5, 5.41) is 0. The molecule has 56 valence electrons. The average molecular weight is 209 g/mol. The number of rotatable bonds is 4. The summed E-state index contributed by atoms with van der Waals surface area (Å²) in [5.41, 5.74) is 0. The molecule has 0 aromatic heterocycles. The molecule has 0 aromatic rings. The predicted molar refractivity (Wildman–Crippen MR) is 42.7 cm³/mol. The third-order valence-electron chi connectivity index (χ3n) is 0.327. The molecule has 0 spiro atoms. The molecule has 0 aliphatic carbocycles. The van der Waals surface area contributed by atoms with Crippen molar-refractivity contribution in [2.24, 2.45) is 0 Å². The highest BCUT2D eigenvalue weighted by atomic mass is 35.7. The fourth-order valence-corrected chi connectivity index (χ4v) is 2.95. The molecule has 0 N–H and O–H groups in total. The average Bonchev–Trinajstić information content (AvgIpc) is 1.64. The third-order valence-corrected chi connectivity index (χ3v) is 3.96. The zero-order valence-corrected chi connectivity index (χ0v) is 8.15. The van der Waals surface area contributed by atoms with Crippen molar-refractivity contribution in [3.05, 3.63) is 0 Å². The Morgan fingerprint density at radius 3 is 1.89 bits per heavy atom. The van der Waals surface area contributed by atoms with E-state index in [2.05, 4.69) is 7.94 Å². The Balaban J connectivity index is 3.58. The molecule has 0 saturated carbocycles. The fraction of sp³-hybridized carbons (Fsp3) is 1.00. The lowest BCUT2D eigenvalue weighted by molar-refractivity contribution is 0.455. The van der Waals surface area contributed by atoms with E-state index in [1.165, 1.54) is 0 Å². The molecule has 0 rings (SSSR count). The maximum Gasteiger partial charge on any atom is 0.446 e.